The number of nitrogens with one attached hydrogen (secondary N) is 1. The monoisotopic (exact) mass is 539 g/mol. The normalized spacial score (nSPS) is 20.1. The fraction of sp³-hybridized carbons (Fsp3) is 0.280. The summed E-state index contributed by atoms with van der Waals surface area (Å²) in [4.78, 5) is 39.2. The lowest BCUT2D eigenvalue weighted by Crippen LogP contribution is -2.55. The van der Waals surface area contributed by atoms with E-state index < -0.39 is 35.6 Å². The Bertz CT molecular complexity index is 1520. The Hall–Kier alpha value is -4.45. The van der Waals surface area contributed by atoms with Crippen LogP contribution in [0.1, 0.15) is 23.7 Å². The summed E-state index contributed by atoms with van der Waals surface area (Å²) in [5.41, 5.74) is -0.0292. The lowest BCUT2D eigenvalue weighted by Gasteiger charge is -2.35. The van der Waals surface area contributed by atoms with E-state index in [0.717, 1.165) is 4.80 Å². The molecular weight excluding hydrogens is 518 g/mol. The van der Waals surface area contributed by atoms with Crippen molar-refractivity contribution in [2.45, 2.75) is 25.5 Å². The molecule has 2 N–H and O–H groups in total. The number of aliphatic carboxylic acids is 1. The number of carbonyl (C=O) groups is 3. The molecule has 13 heteroatoms. The third-order valence-corrected chi connectivity index (χ3v) is 6.86. The van der Waals surface area contributed by atoms with Crippen molar-refractivity contribution in [3.05, 3.63) is 52.7 Å². The number of ether oxygens (including phenoxy) is 3. The highest BCUT2D eigenvalue weighted by atomic mass is 35.5. The maximum atomic E-state index is 13.7. The van der Waals surface area contributed by atoms with Crippen molar-refractivity contribution in [3.8, 4) is 28.6 Å². The minimum Gasteiger partial charge on any atom is -0.496 e. The number of methoxy groups -OCH3 is 2. The van der Waals surface area contributed by atoms with Crippen LogP contribution in [-0.2, 0) is 16.1 Å². The van der Waals surface area contributed by atoms with Crippen LogP contribution in [0, 0.1) is 5.92 Å². The largest absolute Gasteiger partial charge is 0.496 e. The lowest BCUT2D eigenvalue weighted by molar-refractivity contribution is -0.138. The van der Waals surface area contributed by atoms with E-state index in [1.165, 1.54) is 26.4 Å². The molecule has 2 heterocycles. The Morgan fingerprint density at radius 3 is 2.68 bits per heavy atom. The smallest absolute Gasteiger partial charge is 0.327 e. The molecule has 196 valence electrons. The number of carboxylic acids is 1. The van der Waals surface area contributed by atoms with Crippen LogP contribution in [0.2, 0.25) is 5.02 Å². The number of allylic oxidation sites excluding steroid dienone is 1. The van der Waals surface area contributed by atoms with Gasteiger partial charge in [0.05, 0.1) is 14.2 Å². The molecule has 3 aromatic rings. The molecule has 1 aliphatic carbocycles. The zero-order chi connectivity index (χ0) is 27.2. The summed E-state index contributed by atoms with van der Waals surface area (Å²) in [6, 6.07) is 8.54. The molecule has 1 spiro atoms. The van der Waals surface area contributed by atoms with Crippen molar-refractivity contribution >= 4 is 34.8 Å². The molecule has 0 amide bonds. The maximum Gasteiger partial charge on any atom is 0.327 e. The summed E-state index contributed by atoms with van der Waals surface area (Å²) in [5.74, 6) is -2.02. The van der Waals surface area contributed by atoms with Crippen LogP contribution in [0.15, 0.2) is 42.1 Å². The SMILES string of the molecule is COc1cc(OC)c2c(c1Cl)OC1(C(=O)C=C(Nc3ccccc3-c3nnn(CC(=O)O)n3)CC1C)C2=O. The average Bonchev–Trinajstić information content (AvgIpc) is 3.47. The predicted molar refractivity (Wildman–Crippen MR) is 134 cm³/mol. The molecule has 2 aromatic carbocycles. The first-order valence-electron chi connectivity index (χ1n) is 11.5. The number of tetrazole rings is 1. The molecule has 0 saturated heterocycles. The second kappa shape index (κ2) is 9.45. The molecule has 5 rings (SSSR count). The Morgan fingerprint density at radius 2 is 2.00 bits per heavy atom. The highest BCUT2D eigenvalue weighted by Gasteiger charge is 2.60. The third kappa shape index (κ3) is 3.93. The number of aromatic nitrogens is 4. The Kier molecular flexibility index (Phi) is 6.27. The van der Waals surface area contributed by atoms with Crippen molar-refractivity contribution < 1.29 is 33.7 Å². The Labute approximate surface area is 221 Å². The number of fused-ring (bicyclic) bond motifs is 1. The second-order valence-corrected chi connectivity index (χ2v) is 9.19. The van der Waals surface area contributed by atoms with Gasteiger partial charge in [-0.2, -0.15) is 4.80 Å². The van der Waals surface area contributed by atoms with Gasteiger partial charge < -0.3 is 24.6 Å². The number of anilines is 1. The van der Waals surface area contributed by atoms with E-state index in [2.05, 4.69) is 20.7 Å². The first-order chi connectivity index (χ1) is 18.2. The third-order valence-electron chi connectivity index (χ3n) is 6.50. The first-order valence-corrected chi connectivity index (χ1v) is 11.9. The zero-order valence-electron chi connectivity index (χ0n) is 20.5. The van der Waals surface area contributed by atoms with E-state index in [4.69, 9.17) is 30.9 Å². The molecule has 0 radical (unpaired) electrons. The summed E-state index contributed by atoms with van der Waals surface area (Å²) >= 11 is 6.44. The summed E-state index contributed by atoms with van der Waals surface area (Å²) in [6.07, 6.45) is 1.63. The second-order valence-electron chi connectivity index (χ2n) is 8.81. The van der Waals surface area contributed by atoms with E-state index in [1.54, 1.807) is 31.2 Å². The minimum atomic E-state index is -1.79. The number of rotatable bonds is 7. The van der Waals surface area contributed by atoms with Gasteiger partial charge in [0.25, 0.3) is 0 Å². The number of halogens is 1. The molecule has 1 aliphatic heterocycles. The number of hydrogen-bond donors (Lipinski definition) is 2. The van der Waals surface area contributed by atoms with E-state index >= 15 is 0 Å². The van der Waals surface area contributed by atoms with Gasteiger partial charge in [-0.05, 0) is 23.8 Å². The number of carboxylic acid groups (broad SMARTS) is 1. The van der Waals surface area contributed by atoms with Crippen LogP contribution in [0.25, 0.3) is 11.4 Å². The molecule has 0 bridgehead atoms. The van der Waals surface area contributed by atoms with E-state index in [9.17, 15) is 14.4 Å². The maximum absolute atomic E-state index is 13.7. The molecule has 38 heavy (non-hydrogen) atoms. The van der Waals surface area contributed by atoms with Crippen LogP contribution in [-0.4, -0.2) is 62.7 Å². The summed E-state index contributed by atoms with van der Waals surface area (Å²) in [7, 11) is 2.83. The zero-order valence-corrected chi connectivity index (χ0v) is 21.3. The summed E-state index contributed by atoms with van der Waals surface area (Å²) in [5, 5.41) is 24.1. The van der Waals surface area contributed by atoms with Crippen molar-refractivity contribution in [3.63, 3.8) is 0 Å². The predicted octanol–water partition coefficient (Wildman–Crippen LogP) is 3.01. The van der Waals surface area contributed by atoms with Gasteiger partial charge in [0.1, 0.15) is 22.1 Å². The number of hydrogen-bond acceptors (Lipinski definition) is 10. The first kappa shape index (κ1) is 25.2. The average molecular weight is 540 g/mol. The molecule has 0 saturated carbocycles. The fourth-order valence-electron chi connectivity index (χ4n) is 4.72. The van der Waals surface area contributed by atoms with Gasteiger partial charge in [-0.25, -0.2) is 0 Å². The van der Waals surface area contributed by atoms with Gasteiger partial charge in [0.2, 0.25) is 23.0 Å². The van der Waals surface area contributed by atoms with Crippen molar-refractivity contribution in [1.29, 1.82) is 0 Å². The van der Waals surface area contributed by atoms with Crippen LogP contribution in [0.4, 0.5) is 5.69 Å². The van der Waals surface area contributed by atoms with Crippen LogP contribution < -0.4 is 19.5 Å². The number of Topliss-reactive ketones (excluding diaryl/α,β-unsaturated/α-hetero) is 1. The van der Waals surface area contributed by atoms with E-state index in [1.807, 2.05) is 0 Å². The molecule has 1 aromatic heterocycles. The Balaban J connectivity index is 1.46. The highest BCUT2D eigenvalue weighted by molar-refractivity contribution is 6.36. The number of ketones is 2. The van der Waals surface area contributed by atoms with Gasteiger partial charge in [-0.3, -0.25) is 14.4 Å². The van der Waals surface area contributed by atoms with Gasteiger partial charge in [0.15, 0.2) is 12.3 Å². The molecular formula is C25H22ClN5O7. The standard InChI is InChI=1S/C25H22ClN5O7/c1-12-8-13(27-15-7-5-4-6-14(15)24-28-30-31(29-24)11-19(33)34)9-18(32)25(12)23(35)20-16(36-2)10-17(37-3)21(26)22(20)38-25/h4-7,9-10,12,27H,8,11H2,1-3H3,(H,33,34). The van der Waals surface area contributed by atoms with Crippen molar-refractivity contribution in [1.82, 2.24) is 20.2 Å². The number of para-hydroxylation sites is 1. The highest BCUT2D eigenvalue weighted by Crippen LogP contribution is 2.53. The lowest BCUT2D eigenvalue weighted by atomic mass is 9.74. The minimum absolute atomic E-state index is 0.0544. The molecule has 0 fully saturated rings. The van der Waals surface area contributed by atoms with E-state index in [0.29, 0.717) is 16.9 Å². The molecule has 2 atom stereocenters. The number of nitrogens with zero attached hydrogens (tertiary/aromatic N) is 4. The Morgan fingerprint density at radius 1 is 1.26 bits per heavy atom. The quantitative estimate of drug-likeness (QED) is 0.425. The number of carbonyl (C=O) groups excluding carboxylic acids is 2. The number of benzene rings is 2. The van der Waals surface area contributed by atoms with Gasteiger partial charge in [-0.15, -0.1) is 10.2 Å². The summed E-state index contributed by atoms with van der Waals surface area (Å²) < 4.78 is 16.7. The van der Waals surface area contributed by atoms with Crippen LogP contribution >= 0.6 is 11.6 Å². The van der Waals surface area contributed by atoms with Gasteiger partial charge in [-0.1, -0.05) is 30.7 Å². The van der Waals surface area contributed by atoms with Crippen LogP contribution in [0.5, 0.6) is 17.2 Å². The van der Waals surface area contributed by atoms with Crippen LogP contribution in [0.3, 0.4) is 0 Å². The topological polar surface area (TPSA) is 155 Å². The summed E-state index contributed by atoms with van der Waals surface area (Å²) in [6.45, 7) is 1.32. The molecule has 2 unspecified atom stereocenters. The molecule has 2 aliphatic rings. The molecule has 12 nitrogen and oxygen atoms in total. The van der Waals surface area contributed by atoms with Gasteiger partial charge in [0, 0.05) is 35.0 Å². The van der Waals surface area contributed by atoms with Crippen molar-refractivity contribution in [2.24, 2.45) is 5.92 Å². The van der Waals surface area contributed by atoms with E-state index in [-0.39, 0.29) is 40.1 Å². The van der Waals surface area contributed by atoms with Gasteiger partial charge >= 0.3 is 5.97 Å². The fourth-order valence-corrected chi connectivity index (χ4v) is 4.98. The van der Waals surface area contributed by atoms with Crippen molar-refractivity contribution in [2.75, 3.05) is 19.5 Å².